The molecule has 0 radical (unpaired) electrons. The maximum Gasteiger partial charge on any atom is 0.408 e. The topological polar surface area (TPSA) is 103 Å². The number of rotatable bonds is 3. The molecule has 0 saturated carbocycles. The van der Waals surface area contributed by atoms with Crippen LogP contribution >= 0.6 is 0 Å². The van der Waals surface area contributed by atoms with Crippen LogP contribution in [-0.2, 0) is 19.0 Å². The van der Waals surface area contributed by atoms with Crippen molar-refractivity contribution in [3.05, 3.63) is 30.3 Å². The Hall–Kier alpha value is -2.32. The van der Waals surface area contributed by atoms with Crippen molar-refractivity contribution >= 4 is 12.1 Å². The first-order chi connectivity index (χ1) is 13.2. The molecule has 0 aromatic heterocycles. The Balaban J connectivity index is 2.07. The zero-order valence-corrected chi connectivity index (χ0v) is 16.7. The normalized spacial score (nSPS) is 26.7. The smallest absolute Gasteiger partial charge is 0.408 e. The number of amides is 1. The lowest BCUT2D eigenvalue weighted by Gasteiger charge is -2.31. The van der Waals surface area contributed by atoms with E-state index in [4.69, 9.17) is 18.9 Å². The van der Waals surface area contributed by atoms with Crippen LogP contribution in [0.2, 0.25) is 0 Å². The Morgan fingerprint density at radius 3 is 2.57 bits per heavy atom. The van der Waals surface area contributed by atoms with Gasteiger partial charge in [0.25, 0.3) is 0 Å². The average Bonchev–Trinajstić information content (AvgIpc) is 2.60. The molecule has 28 heavy (non-hydrogen) atoms. The van der Waals surface area contributed by atoms with Crippen LogP contribution in [0.1, 0.15) is 34.1 Å². The summed E-state index contributed by atoms with van der Waals surface area (Å²) >= 11 is 0. The Bertz CT molecular complexity index is 644. The molecule has 0 unspecified atom stereocenters. The lowest BCUT2D eigenvalue weighted by atomic mass is 10.1. The molecule has 1 aromatic carbocycles. The Morgan fingerprint density at radius 2 is 1.93 bits per heavy atom. The zero-order chi connectivity index (χ0) is 20.7. The van der Waals surface area contributed by atoms with Gasteiger partial charge in [0.1, 0.15) is 29.6 Å². The molecule has 0 spiro atoms. The van der Waals surface area contributed by atoms with Gasteiger partial charge in [-0.25, -0.2) is 9.59 Å². The minimum Gasteiger partial charge on any atom is -0.484 e. The van der Waals surface area contributed by atoms with E-state index in [1.165, 1.54) is 0 Å². The van der Waals surface area contributed by atoms with Gasteiger partial charge >= 0.3 is 12.1 Å². The molecule has 156 valence electrons. The molecule has 8 heteroatoms. The summed E-state index contributed by atoms with van der Waals surface area (Å²) in [6.45, 7) is 6.99. The van der Waals surface area contributed by atoms with E-state index in [0.717, 1.165) is 0 Å². The van der Waals surface area contributed by atoms with E-state index in [9.17, 15) is 14.7 Å². The fraction of sp³-hybridized carbons (Fsp3) is 0.600. The van der Waals surface area contributed by atoms with Gasteiger partial charge in [0.2, 0.25) is 0 Å². The summed E-state index contributed by atoms with van der Waals surface area (Å²) in [5, 5.41) is 12.9. The third kappa shape index (κ3) is 7.01. The number of cyclic esters (lactones) is 1. The summed E-state index contributed by atoms with van der Waals surface area (Å²) in [6.07, 6.45) is -3.10. The lowest BCUT2D eigenvalue weighted by molar-refractivity contribution is -0.163. The highest BCUT2D eigenvalue weighted by Crippen LogP contribution is 2.19. The monoisotopic (exact) mass is 395 g/mol. The van der Waals surface area contributed by atoms with E-state index >= 15 is 0 Å². The lowest BCUT2D eigenvalue weighted by Crippen LogP contribution is -2.50. The van der Waals surface area contributed by atoms with Crippen LogP contribution in [-0.4, -0.2) is 60.3 Å². The van der Waals surface area contributed by atoms with E-state index in [2.05, 4.69) is 5.32 Å². The molecular weight excluding hydrogens is 366 g/mol. The molecule has 1 aliphatic rings. The van der Waals surface area contributed by atoms with Gasteiger partial charge in [0, 0.05) is 13.0 Å². The van der Waals surface area contributed by atoms with E-state index in [1.807, 2.05) is 6.07 Å². The van der Waals surface area contributed by atoms with Gasteiger partial charge in [-0.15, -0.1) is 0 Å². The number of carbonyl (C=O) groups excluding carboxylic acids is 2. The van der Waals surface area contributed by atoms with Crippen molar-refractivity contribution in [1.29, 1.82) is 0 Å². The molecule has 2 N–H and O–H groups in total. The summed E-state index contributed by atoms with van der Waals surface area (Å²) in [4.78, 5) is 24.6. The van der Waals surface area contributed by atoms with Crippen LogP contribution in [0, 0.1) is 0 Å². The summed E-state index contributed by atoms with van der Waals surface area (Å²) in [5.41, 5.74) is -0.688. The highest BCUT2D eigenvalue weighted by molar-refractivity contribution is 5.81. The van der Waals surface area contributed by atoms with Crippen molar-refractivity contribution in [2.45, 2.75) is 64.1 Å². The average molecular weight is 395 g/mol. The molecule has 1 saturated heterocycles. The van der Waals surface area contributed by atoms with Crippen LogP contribution in [0.5, 0.6) is 5.75 Å². The first-order valence-electron chi connectivity index (χ1n) is 9.33. The summed E-state index contributed by atoms with van der Waals surface area (Å²) in [6, 6.07) is 8.01. The van der Waals surface area contributed by atoms with E-state index in [0.29, 0.717) is 5.75 Å². The minimum absolute atomic E-state index is 0.0124. The molecule has 0 aliphatic carbocycles. The Morgan fingerprint density at radius 1 is 1.25 bits per heavy atom. The van der Waals surface area contributed by atoms with Gasteiger partial charge < -0.3 is 29.4 Å². The van der Waals surface area contributed by atoms with Crippen LogP contribution in [0.25, 0.3) is 0 Å². The molecule has 2 rings (SSSR count). The zero-order valence-electron chi connectivity index (χ0n) is 16.7. The molecule has 8 nitrogen and oxygen atoms in total. The van der Waals surface area contributed by atoms with E-state index < -0.39 is 42.0 Å². The third-order valence-electron chi connectivity index (χ3n) is 3.97. The number of esters is 1. The number of alkyl carbamates (subject to hydrolysis) is 1. The summed E-state index contributed by atoms with van der Waals surface area (Å²) in [7, 11) is 0. The number of aliphatic hydroxyl groups excluding tert-OH is 1. The fourth-order valence-electron chi connectivity index (χ4n) is 2.67. The number of hydrogen-bond donors (Lipinski definition) is 2. The molecule has 0 bridgehead atoms. The largest absolute Gasteiger partial charge is 0.484 e. The number of aliphatic hydroxyl groups is 1. The molecule has 4 atom stereocenters. The number of nitrogens with one attached hydrogen (secondary N) is 1. The van der Waals surface area contributed by atoms with Crippen LogP contribution in [0.15, 0.2) is 30.3 Å². The second kappa shape index (κ2) is 9.75. The molecular formula is C20H29NO7. The predicted octanol–water partition coefficient (Wildman–Crippen LogP) is 2.04. The highest BCUT2D eigenvalue weighted by atomic mass is 16.6. The standard InChI is InChI=1S/C20H29NO7/c1-13-17(27-14-8-6-5-7-9-14)16(22)12-25-11-10-15(18(23)26-13)21-19(24)28-20(2,3)4/h5-9,13,15-17,22H,10-12H2,1-4H3,(H,21,24)/t13-,15-,16-,17-/m0/s1. The molecule has 1 heterocycles. The predicted molar refractivity (Wildman–Crippen MR) is 101 cm³/mol. The third-order valence-corrected chi connectivity index (χ3v) is 3.97. The van der Waals surface area contributed by atoms with Crippen LogP contribution in [0.3, 0.4) is 0 Å². The van der Waals surface area contributed by atoms with E-state index in [1.54, 1.807) is 52.0 Å². The van der Waals surface area contributed by atoms with Crippen LogP contribution < -0.4 is 10.1 Å². The van der Waals surface area contributed by atoms with Crippen molar-refractivity contribution in [2.24, 2.45) is 0 Å². The van der Waals surface area contributed by atoms with Crippen molar-refractivity contribution in [2.75, 3.05) is 13.2 Å². The van der Waals surface area contributed by atoms with Gasteiger partial charge in [-0.05, 0) is 39.8 Å². The second-order valence-electron chi connectivity index (χ2n) is 7.67. The summed E-state index contributed by atoms with van der Waals surface area (Å²) < 4.78 is 22.0. The Kier molecular flexibility index (Phi) is 7.65. The SMILES string of the molecule is C[C@@H]1OC(=O)[C@@H](NC(=O)OC(C)(C)C)CCOC[C@H](O)[C@H]1Oc1ccccc1. The Labute approximate surface area is 165 Å². The maximum atomic E-state index is 12.6. The number of ether oxygens (including phenoxy) is 4. The number of benzene rings is 1. The number of para-hydroxylation sites is 1. The van der Waals surface area contributed by atoms with E-state index in [-0.39, 0.29) is 19.6 Å². The first-order valence-corrected chi connectivity index (χ1v) is 9.33. The quantitative estimate of drug-likeness (QED) is 0.755. The second-order valence-corrected chi connectivity index (χ2v) is 7.67. The molecule has 1 amide bonds. The van der Waals surface area contributed by atoms with Crippen molar-refractivity contribution in [1.82, 2.24) is 5.32 Å². The highest BCUT2D eigenvalue weighted by Gasteiger charge is 2.34. The number of carbonyl (C=O) groups is 2. The van der Waals surface area contributed by atoms with Gasteiger partial charge in [-0.1, -0.05) is 18.2 Å². The molecule has 1 aliphatic heterocycles. The van der Waals surface area contributed by atoms with Crippen molar-refractivity contribution in [3.63, 3.8) is 0 Å². The van der Waals surface area contributed by atoms with Crippen molar-refractivity contribution in [3.8, 4) is 5.75 Å². The summed E-state index contributed by atoms with van der Waals surface area (Å²) in [5.74, 6) is -0.104. The van der Waals surface area contributed by atoms with Gasteiger partial charge in [-0.3, -0.25) is 0 Å². The maximum absolute atomic E-state index is 12.6. The minimum atomic E-state index is -0.988. The van der Waals surface area contributed by atoms with Gasteiger partial charge in [0.15, 0.2) is 6.10 Å². The molecule has 1 fully saturated rings. The number of hydrogen-bond acceptors (Lipinski definition) is 7. The first kappa shape index (κ1) is 22.0. The van der Waals surface area contributed by atoms with Gasteiger partial charge in [-0.2, -0.15) is 0 Å². The van der Waals surface area contributed by atoms with Gasteiger partial charge in [0.05, 0.1) is 6.61 Å². The fourth-order valence-corrected chi connectivity index (χ4v) is 2.67. The van der Waals surface area contributed by atoms with Crippen molar-refractivity contribution < 1.29 is 33.6 Å². The molecule has 1 aromatic rings. The van der Waals surface area contributed by atoms with Crippen LogP contribution in [0.4, 0.5) is 4.79 Å².